The van der Waals surface area contributed by atoms with Crippen molar-refractivity contribution in [3.63, 3.8) is 0 Å². The van der Waals surface area contributed by atoms with Gasteiger partial charge in [-0.05, 0) is 80.5 Å². The van der Waals surface area contributed by atoms with E-state index in [0.29, 0.717) is 43.9 Å². The topological polar surface area (TPSA) is 202 Å². The number of fused-ring (bicyclic) bond motifs is 5. The monoisotopic (exact) mass is 738 g/mol. The van der Waals surface area contributed by atoms with Crippen LogP contribution in [-0.2, 0) is 33.3 Å². The van der Waals surface area contributed by atoms with Gasteiger partial charge < -0.3 is 54.3 Å². The Morgan fingerprint density at radius 1 is 0.904 bits per heavy atom. The largest absolute Gasteiger partial charge is 0.454 e. The van der Waals surface area contributed by atoms with Crippen molar-refractivity contribution in [1.82, 2.24) is 0 Å². The third-order valence-electron chi connectivity index (χ3n) is 14.2. The SMILES string of the molecule is CC(=O)OC1C(OC2CC3C4CC=C5CC(O)CCC5(C)C4CCC3(C)C2(O)C(C)C(=O)CCC(C)C)OCC(O)C1OC1OCC(O)C(O)C1O. The van der Waals surface area contributed by atoms with Crippen molar-refractivity contribution in [1.29, 1.82) is 0 Å². The zero-order chi connectivity index (χ0) is 37.9. The second-order valence-electron chi connectivity index (χ2n) is 17.6. The lowest BCUT2D eigenvalue weighted by Gasteiger charge is -2.59. The molecule has 6 aliphatic rings. The molecule has 0 radical (unpaired) electrons. The fourth-order valence-corrected chi connectivity index (χ4v) is 11.1. The highest BCUT2D eigenvalue weighted by molar-refractivity contribution is 5.82. The molecular weight excluding hydrogens is 676 g/mol. The van der Waals surface area contributed by atoms with Crippen molar-refractivity contribution in [2.45, 2.75) is 166 Å². The number of allylic oxidation sites excluding steroid dienone is 1. The summed E-state index contributed by atoms with van der Waals surface area (Å²) in [5.41, 5.74) is -1.06. The molecule has 6 N–H and O–H groups in total. The molecule has 0 amide bonds. The average molecular weight is 739 g/mol. The molecule has 0 bridgehead atoms. The normalized spacial score (nSPS) is 48.2. The Kier molecular flexibility index (Phi) is 11.7. The number of hydrogen-bond acceptors (Lipinski definition) is 13. The lowest BCUT2D eigenvalue weighted by atomic mass is 9.46. The van der Waals surface area contributed by atoms with Gasteiger partial charge in [0.15, 0.2) is 18.7 Å². The van der Waals surface area contributed by atoms with Gasteiger partial charge in [0.05, 0.1) is 25.4 Å². The number of carbonyl (C=O) groups is 2. The third-order valence-corrected chi connectivity index (χ3v) is 14.2. The van der Waals surface area contributed by atoms with Crippen LogP contribution in [0.15, 0.2) is 11.6 Å². The highest BCUT2D eigenvalue weighted by atomic mass is 16.7. The van der Waals surface area contributed by atoms with E-state index < -0.39 is 78.2 Å². The van der Waals surface area contributed by atoms with Crippen molar-refractivity contribution in [3.8, 4) is 0 Å². The maximum Gasteiger partial charge on any atom is 0.303 e. The van der Waals surface area contributed by atoms with Crippen LogP contribution < -0.4 is 0 Å². The number of esters is 1. The maximum absolute atomic E-state index is 14.0. The molecule has 0 spiro atoms. The second kappa shape index (κ2) is 15.2. The third kappa shape index (κ3) is 6.94. The summed E-state index contributed by atoms with van der Waals surface area (Å²) in [5, 5.41) is 65.6. The Balaban J connectivity index is 1.33. The van der Waals surface area contributed by atoms with E-state index >= 15 is 0 Å². The second-order valence-corrected chi connectivity index (χ2v) is 17.6. The summed E-state index contributed by atoms with van der Waals surface area (Å²) in [6.45, 7) is 10.9. The van der Waals surface area contributed by atoms with Gasteiger partial charge in [-0.15, -0.1) is 0 Å². The van der Waals surface area contributed by atoms with Crippen molar-refractivity contribution >= 4 is 11.8 Å². The van der Waals surface area contributed by atoms with Crippen LogP contribution in [-0.4, -0.2) is 123 Å². The van der Waals surface area contributed by atoms with Crippen LogP contribution in [0.25, 0.3) is 0 Å². The molecule has 6 rings (SSSR count). The molecule has 0 aromatic carbocycles. The first kappa shape index (κ1) is 40.2. The molecule has 296 valence electrons. The van der Waals surface area contributed by atoms with Gasteiger partial charge in [0.2, 0.25) is 0 Å². The molecule has 2 aliphatic heterocycles. The van der Waals surface area contributed by atoms with Crippen molar-refractivity contribution in [3.05, 3.63) is 11.6 Å². The van der Waals surface area contributed by atoms with Crippen LogP contribution in [0.2, 0.25) is 0 Å². The van der Waals surface area contributed by atoms with Gasteiger partial charge in [0, 0.05) is 24.7 Å². The number of aliphatic hydroxyl groups excluding tert-OH is 5. The molecule has 17 atom stereocenters. The zero-order valence-electron chi connectivity index (χ0n) is 31.6. The molecule has 4 aliphatic carbocycles. The lowest BCUT2D eigenvalue weighted by molar-refractivity contribution is -0.345. The molecule has 52 heavy (non-hydrogen) atoms. The van der Waals surface area contributed by atoms with Crippen molar-refractivity contribution in [2.24, 2.45) is 40.4 Å². The molecule has 3 saturated carbocycles. The van der Waals surface area contributed by atoms with Crippen LogP contribution in [0.4, 0.5) is 0 Å². The van der Waals surface area contributed by atoms with Crippen molar-refractivity contribution < 1.29 is 63.9 Å². The van der Waals surface area contributed by atoms with E-state index in [1.807, 2.05) is 0 Å². The van der Waals surface area contributed by atoms with E-state index in [2.05, 4.69) is 33.8 Å². The summed E-state index contributed by atoms with van der Waals surface area (Å²) < 4.78 is 29.8. The highest BCUT2D eigenvalue weighted by Gasteiger charge is 2.70. The molecule has 2 heterocycles. The fourth-order valence-electron chi connectivity index (χ4n) is 11.1. The molecule has 13 heteroatoms. The van der Waals surface area contributed by atoms with Gasteiger partial charge in [-0.25, -0.2) is 0 Å². The van der Waals surface area contributed by atoms with Gasteiger partial charge in [0.25, 0.3) is 0 Å². The number of aliphatic hydroxyl groups is 6. The smallest absolute Gasteiger partial charge is 0.303 e. The first-order valence-electron chi connectivity index (χ1n) is 19.5. The highest BCUT2D eigenvalue weighted by Crippen LogP contribution is 2.69. The first-order chi connectivity index (χ1) is 24.4. The Morgan fingerprint density at radius 2 is 1.60 bits per heavy atom. The van der Waals surface area contributed by atoms with Gasteiger partial charge in [-0.1, -0.05) is 46.3 Å². The van der Waals surface area contributed by atoms with Gasteiger partial charge in [-0.3, -0.25) is 9.59 Å². The lowest BCUT2D eigenvalue weighted by Crippen LogP contribution is -2.64. The predicted molar refractivity (Wildman–Crippen MR) is 185 cm³/mol. The van der Waals surface area contributed by atoms with E-state index in [9.17, 15) is 40.2 Å². The van der Waals surface area contributed by atoms with Crippen LogP contribution in [0, 0.1) is 40.4 Å². The summed E-state index contributed by atoms with van der Waals surface area (Å²) in [5.74, 6) is -0.713. The van der Waals surface area contributed by atoms with Crippen LogP contribution in [0.1, 0.15) is 99.3 Å². The van der Waals surface area contributed by atoms with Crippen LogP contribution in [0.3, 0.4) is 0 Å². The molecule has 0 aromatic rings. The molecule has 5 fully saturated rings. The predicted octanol–water partition coefficient (Wildman–Crippen LogP) is 2.15. The molecule has 0 aromatic heterocycles. The number of hydrogen-bond donors (Lipinski definition) is 6. The standard InChI is InChI=1S/C39H62O13/c1-19(2)7-10-27(42)20(3)39(47)30(16-26-24-9-8-22-15-23(41)11-13-37(22,5)25(24)12-14-38(26,39)6)51-36-34(50-21(4)40)33(29(44)18-49-36)52-35-32(46)31(45)28(43)17-48-35/h8,19-20,23-26,28-36,41,43-47H,7,9-18H2,1-6H3. The number of Topliss-reactive ketones (excluding diaryl/α,β-unsaturated/α-hetero) is 1. The van der Waals surface area contributed by atoms with E-state index in [-0.39, 0.29) is 42.4 Å². The van der Waals surface area contributed by atoms with Gasteiger partial charge in [-0.2, -0.15) is 0 Å². The van der Waals surface area contributed by atoms with Crippen LogP contribution >= 0.6 is 0 Å². The van der Waals surface area contributed by atoms with E-state index in [4.69, 9.17) is 23.7 Å². The van der Waals surface area contributed by atoms with E-state index in [1.54, 1.807) is 6.92 Å². The summed E-state index contributed by atoms with van der Waals surface area (Å²) >= 11 is 0. The summed E-state index contributed by atoms with van der Waals surface area (Å²) in [7, 11) is 0. The molecule has 13 nitrogen and oxygen atoms in total. The molecular formula is C39H62O13. The summed E-state index contributed by atoms with van der Waals surface area (Å²) in [6, 6.07) is 0. The Morgan fingerprint density at radius 3 is 2.29 bits per heavy atom. The van der Waals surface area contributed by atoms with Gasteiger partial charge in [0.1, 0.15) is 41.9 Å². The minimum Gasteiger partial charge on any atom is -0.454 e. The number of carbonyl (C=O) groups excluding carboxylic acids is 2. The number of ether oxygens (including phenoxy) is 5. The van der Waals surface area contributed by atoms with Crippen LogP contribution in [0.5, 0.6) is 0 Å². The minimum absolute atomic E-state index is 0.0184. The van der Waals surface area contributed by atoms with E-state index in [0.717, 1.165) is 25.7 Å². The Bertz CT molecular complexity index is 1340. The zero-order valence-corrected chi connectivity index (χ0v) is 31.6. The van der Waals surface area contributed by atoms with E-state index in [1.165, 1.54) is 12.5 Å². The first-order valence-corrected chi connectivity index (χ1v) is 19.5. The van der Waals surface area contributed by atoms with Crippen molar-refractivity contribution in [2.75, 3.05) is 13.2 Å². The quantitative estimate of drug-likeness (QED) is 0.141. The number of ketones is 1. The Hall–Kier alpha value is -1.52. The minimum atomic E-state index is -1.66. The summed E-state index contributed by atoms with van der Waals surface area (Å²) in [6.07, 6.45) is -4.28. The Labute approximate surface area is 307 Å². The summed E-state index contributed by atoms with van der Waals surface area (Å²) in [4.78, 5) is 26.5. The molecule has 2 saturated heterocycles. The average Bonchev–Trinajstić information content (AvgIpc) is 3.32. The van der Waals surface area contributed by atoms with Gasteiger partial charge >= 0.3 is 5.97 Å². The fraction of sp³-hybridized carbons (Fsp3) is 0.897. The number of rotatable bonds is 10. The molecule has 17 unspecified atom stereocenters. The maximum atomic E-state index is 14.0.